The zero-order chi connectivity index (χ0) is 10.6. The lowest BCUT2D eigenvalue weighted by molar-refractivity contribution is -0.121. The predicted molar refractivity (Wildman–Crippen MR) is 57.3 cm³/mol. The molecule has 0 rings (SSSR count). The van der Waals surface area contributed by atoms with Crippen molar-refractivity contribution >= 4 is 5.91 Å². The third-order valence-corrected chi connectivity index (χ3v) is 1.80. The molecule has 0 saturated carbocycles. The lowest BCUT2D eigenvalue weighted by atomic mass is 10.3. The van der Waals surface area contributed by atoms with Gasteiger partial charge in [0.15, 0.2) is 0 Å². The molecule has 0 atom stereocenters. The first kappa shape index (κ1) is 13.4. The van der Waals surface area contributed by atoms with E-state index in [1.165, 1.54) is 0 Å². The quantitative estimate of drug-likeness (QED) is 0.536. The molecular weight excluding hydrogens is 180 g/mol. The second kappa shape index (κ2) is 10.5. The van der Waals surface area contributed by atoms with Crippen LogP contribution < -0.4 is 10.6 Å². The number of ether oxygens (including phenoxy) is 1. The molecule has 0 fully saturated rings. The Morgan fingerprint density at radius 2 is 2.07 bits per heavy atom. The number of carbonyl (C=O) groups excluding carboxylic acids is 1. The number of carbonyl (C=O) groups is 1. The van der Waals surface area contributed by atoms with Crippen LogP contribution in [-0.4, -0.2) is 39.3 Å². The second-order valence-corrected chi connectivity index (χ2v) is 3.20. The van der Waals surface area contributed by atoms with Crippen LogP contribution in [0.15, 0.2) is 0 Å². The Morgan fingerprint density at radius 3 is 2.71 bits per heavy atom. The molecule has 0 aromatic carbocycles. The Morgan fingerprint density at radius 1 is 1.29 bits per heavy atom. The largest absolute Gasteiger partial charge is 0.385 e. The van der Waals surface area contributed by atoms with Gasteiger partial charge in [-0.25, -0.2) is 0 Å². The Balaban J connectivity index is 3.10. The van der Waals surface area contributed by atoms with Crippen LogP contribution in [0.25, 0.3) is 0 Å². The standard InChI is InChI=1S/C10H22N2O2/c1-3-6-11-7-8-12-10(13)5-4-9-14-2/h11H,3-9H2,1-2H3,(H,12,13). The monoisotopic (exact) mass is 202 g/mol. The van der Waals surface area contributed by atoms with Crippen molar-refractivity contribution in [3.8, 4) is 0 Å². The van der Waals surface area contributed by atoms with Gasteiger partial charge in [-0.15, -0.1) is 0 Å². The zero-order valence-electron chi connectivity index (χ0n) is 9.27. The molecule has 0 aromatic heterocycles. The van der Waals surface area contributed by atoms with Gasteiger partial charge in [0, 0.05) is 33.2 Å². The summed E-state index contributed by atoms with van der Waals surface area (Å²) in [6, 6.07) is 0. The molecule has 0 aliphatic carbocycles. The molecule has 0 heterocycles. The Labute approximate surface area is 86.4 Å². The van der Waals surface area contributed by atoms with Gasteiger partial charge >= 0.3 is 0 Å². The molecule has 0 bridgehead atoms. The molecule has 0 radical (unpaired) electrons. The van der Waals surface area contributed by atoms with Crippen molar-refractivity contribution in [3.05, 3.63) is 0 Å². The van der Waals surface area contributed by atoms with Gasteiger partial charge < -0.3 is 15.4 Å². The van der Waals surface area contributed by atoms with E-state index < -0.39 is 0 Å². The number of rotatable bonds is 9. The van der Waals surface area contributed by atoms with E-state index in [0.29, 0.717) is 19.6 Å². The van der Waals surface area contributed by atoms with Crippen molar-refractivity contribution in [2.24, 2.45) is 0 Å². The van der Waals surface area contributed by atoms with Crippen LogP contribution >= 0.6 is 0 Å². The first-order chi connectivity index (χ1) is 6.81. The summed E-state index contributed by atoms with van der Waals surface area (Å²) in [6.07, 6.45) is 2.48. The van der Waals surface area contributed by atoms with Crippen molar-refractivity contribution in [3.63, 3.8) is 0 Å². The van der Waals surface area contributed by atoms with Gasteiger partial charge in [0.1, 0.15) is 0 Å². The van der Waals surface area contributed by atoms with E-state index in [1.54, 1.807) is 7.11 Å². The summed E-state index contributed by atoms with van der Waals surface area (Å²) >= 11 is 0. The molecule has 0 aliphatic heterocycles. The van der Waals surface area contributed by atoms with Crippen LogP contribution in [0.2, 0.25) is 0 Å². The minimum atomic E-state index is 0.111. The third-order valence-electron chi connectivity index (χ3n) is 1.80. The SMILES string of the molecule is CCCNCCNC(=O)CCCOC. The van der Waals surface area contributed by atoms with Crippen LogP contribution in [0, 0.1) is 0 Å². The summed E-state index contributed by atoms with van der Waals surface area (Å²) in [5.41, 5.74) is 0. The minimum absolute atomic E-state index is 0.111. The molecule has 0 aliphatic rings. The fourth-order valence-corrected chi connectivity index (χ4v) is 1.06. The van der Waals surface area contributed by atoms with E-state index in [4.69, 9.17) is 4.74 Å². The van der Waals surface area contributed by atoms with E-state index >= 15 is 0 Å². The Kier molecular flexibility index (Phi) is 10.0. The molecule has 0 spiro atoms. The predicted octanol–water partition coefficient (Wildman–Crippen LogP) is 0.529. The molecule has 2 N–H and O–H groups in total. The lowest BCUT2D eigenvalue weighted by Gasteiger charge is -2.05. The fourth-order valence-electron chi connectivity index (χ4n) is 1.06. The maximum Gasteiger partial charge on any atom is 0.220 e. The van der Waals surface area contributed by atoms with E-state index in [0.717, 1.165) is 25.9 Å². The average Bonchev–Trinajstić information content (AvgIpc) is 2.18. The van der Waals surface area contributed by atoms with Crippen molar-refractivity contribution in [2.75, 3.05) is 33.4 Å². The normalized spacial score (nSPS) is 10.1. The summed E-state index contributed by atoms with van der Waals surface area (Å²) in [7, 11) is 1.65. The van der Waals surface area contributed by atoms with Crippen LogP contribution in [0.4, 0.5) is 0 Å². The highest BCUT2D eigenvalue weighted by atomic mass is 16.5. The van der Waals surface area contributed by atoms with Crippen molar-refractivity contribution in [1.82, 2.24) is 10.6 Å². The highest BCUT2D eigenvalue weighted by molar-refractivity contribution is 5.75. The van der Waals surface area contributed by atoms with Crippen LogP contribution in [-0.2, 0) is 9.53 Å². The molecule has 4 nitrogen and oxygen atoms in total. The second-order valence-electron chi connectivity index (χ2n) is 3.20. The molecule has 0 aromatic rings. The number of methoxy groups -OCH3 is 1. The summed E-state index contributed by atoms with van der Waals surface area (Å²) in [5.74, 6) is 0.111. The maximum absolute atomic E-state index is 11.2. The van der Waals surface area contributed by atoms with Crippen molar-refractivity contribution in [2.45, 2.75) is 26.2 Å². The van der Waals surface area contributed by atoms with Gasteiger partial charge in [-0.2, -0.15) is 0 Å². The van der Waals surface area contributed by atoms with E-state index in [1.807, 2.05) is 0 Å². The first-order valence-electron chi connectivity index (χ1n) is 5.27. The molecule has 0 saturated heterocycles. The molecule has 14 heavy (non-hydrogen) atoms. The number of hydrogen-bond acceptors (Lipinski definition) is 3. The first-order valence-corrected chi connectivity index (χ1v) is 5.27. The van der Waals surface area contributed by atoms with E-state index in [-0.39, 0.29) is 5.91 Å². The summed E-state index contributed by atoms with van der Waals surface area (Å²) in [6.45, 7) is 5.35. The van der Waals surface area contributed by atoms with E-state index in [2.05, 4.69) is 17.6 Å². The van der Waals surface area contributed by atoms with Gasteiger partial charge in [0.2, 0.25) is 5.91 Å². The molecule has 1 amide bonds. The van der Waals surface area contributed by atoms with Gasteiger partial charge in [-0.05, 0) is 19.4 Å². The maximum atomic E-state index is 11.2. The summed E-state index contributed by atoms with van der Waals surface area (Å²) < 4.78 is 4.86. The van der Waals surface area contributed by atoms with Gasteiger partial charge in [-0.3, -0.25) is 4.79 Å². The Bertz CT molecular complexity index is 140. The molecule has 4 heteroatoms. The van der Waals surface area contributed by atoms with Crippen LogP contribution in [0.5, 0.6) is 0 Å². The topological polar surface area (TPSA) is 50.4 Å². The summed E-state index contributed by atoms with van der Waals surface area (Å²) in [4.78, 5) is 11.2. The number of hydrogen-bond donors (Lipinski definition) is 2. The highest BCUT2D eigenvalue weighted by Crippen LogP contribution is 1.88. The van der Waals surface area contributed by atoms with Gasteiger partial charge in [0.05, 0.1) is 0 Å². The Hall–Kier alpha value is -0.610. The third kappa shape index (κ3) is 9.48. The number of amides is 1. The van der Waals surface area contributed by atoms with Crippen LogP contribution in [0.3, 0.4) is 0 Å². The fraction of sp³-hybridized carbons (Fsp3) is 0.900. The minimum Gasteiger partial charge on any atom is -0.385 e. The van der Waals surface area contributed by atoms with Crippen molar-refractivity contribution in [1.29, 1.82) is 0 Å². The lowest BCUT2D eigenvalue weighted by Crippen LogP contribution is -2.32. The molecule has 0 unspecified atom stereocenters. The zero-order valence-corrected chi connectivity index (χ0v) is 9.27. The van der Waals surface area contributed by atoms with E-state index in [9.17, 15) is 4.79 Å². The summed E-state index contributed by atoms with van der Waals surface area (Å²) in [5, 5.41) is 6.06. The van der Waals surface area contributed by atoms with Crippen LogP contribution in [0.1, 0.15) is 26.2 Å². The molecular formula is C10H22N2O2. The smallest absolute Gasteiger partial charge is 0.220 e. The van der Waals surface area contributed by atoms with Gasteiger partial charge in [0.25, 0.3) is 0 Å². The number of nitrogens with one attached hydrogen (secondary N) is 2. The average molecular weight is 202 g/mol. The van der Waals surface area contributed by atoms with Crippen molar-refractivity contribution < 1.29 is 9.53 Å². The van der Waals surface area contributed by atoms with Gasteiger partial charge in [-0.1, -0.05) is 6.92 Å². The molecule has 84 valence electrons. The highest BCUT2D eigenvalue weighted by Gasteiger charge is 1.98.